The first-order valence-corrected chi connectivity index (χ1v) is 6.60. The fourth-order valence-electron chi connectivity index (χ4n) is 2.66. The van der Waals surface area contributed by atoms with Gasteiger partial charge in [0.25, 0.3) is 0 Å². The van der Waals surface area contributed by atoms with Gasteiger partial charge in [-0.25, -0.2) is 0 Å². The van der Waals surface area contributed by atoms with Gasteiger partial charge in [-0.15, -0.1) is 0 Å². The third-order valence-corrected chi connectivity index (χ3v) is 3.85. The molecule has 1 aromatic rings. The van der Waals surface area contributed by atoms with Gasteiger partial charge in [0.15, 0.2) is 5.78 Å². The van der Waals surface area contributed by atoms with Crippen molar-refractivity contribution in [3.05, 3.63) is 41.4 Å². The number of pyridine rings is 1. The van der Waals surface area contributed by atoms with E-state index in [9.17, 15) is 4.79 Å². The summed E-state index contributed by atoms with van der Waals surface area (Å²) in [5, 5.41) is 3.04. The Labute approximate surface area is 111 Å². The molecule has 3 rings (SSSR count). The van der Waals surface area contributed by atoms with Crippen LogP contribution in [-0.2, 0) is 6.42 Å². The van der Waals surface area contributed by atoms with Crippen molar-refractivity contribution in [3.8, 4) is 0 Å². The minimum Gasteiger partial charge on any atom is -0.356 e. The standard InChI is InChI=1S/C14H14N2OS/c17-14-10(6-9-7-13(18)16-8-9)3-4-12-11(14)2-1-5-15-12/h1-2,5,8,10H,3-4,6-7H2,(H,16,18). The zero-order valence-corrected chi connectivity index (χ0v) is 10.8. The van der Waals surface area contributed by atoms with Gasteiger partial charge < -0.3 is 5.32 Å². The van der Waals surface area contributed by atoms with E-state index in [0.29, 0.717) is 0 Å². The molecular formula is C14H14N2OS. The summed E-state index contributed by atoms with van der Waals surface area (Å²) in [6.07, 6.45) is 7.13. The van der Waals surface area contributed by atoms with Crippen molar-refractivity contribution in [1.82, 2.24) is 10.3 Å². The number of hydrogen-bond donors (Lipinski definition) is 1. The molecular weight excluding hydrogens is 244 g/mol. The lowest BCUT2D eigenvalue weighted by atomic mass is 9.81. The second-order valence-corrected chi connectivity index (χ2v) is 5.34. The average molecular weight is 258 g/mol. The maximum atomic E-state index is 12.4. The highest BCUT2D eigenvalue weighted by Gasteiger charge is 2.29. The fraction of sp³-hybridized carbons (Fsp3) is 0.357. The van der Waals surface area contributed by atoms with Crippen LogP contribution in [0.1, 0.15) is 35.3 Å². The molecule has 18 heavy (non-hydrogen) atoms. The van der Waals surface area contributed by atoms with Gasteiger partial charge in [-0.05, 0) is 37.0 Å². The minimum absolute atomic E-state index is 0.0932. The van der Waals surface area contributed by atoms with Crippen LogP contribution < -0.4 is 5.32 Å². The van der Waals surface area contributed by atoms with Crippen LogP contribution in [0.15, 0.2) is 30.1 Å². The third-order valence-electron chi connectivity index (χ3n) is 3.59. The Hall–Kier alpha value is -1.55. The van der Waals surface area contributed by atoms with E-state index in [4.69, 9.17) is 12.2 Å². The Kier molecular flexibility index (Phi) is 2.96. The number of aromatic nitrogens is 1. The highest BCUT2D eigenvalue weighted by Crippen LogP contribution is 2.30. The number of aryl methyl sites for hydroxylation is 1. The van der Waals surface area contributed by atoms with Crippen molar-refractivity contribution in [2.75, 3.05) is 0 Å². The number of nitrogens with one attached hydrogen (secondary N) is 1. The smallest absolute Gasteiger partial charge is 0.168 e. The molecule has 1 atom stereocenters. The van der Waals surface area contributed by atoms with E-state index in [-0.39, 0.29) is 11.7 Å². The Morgan fingerprint density at radius 2 is 2.39 bits per heavy atom. The number of thiocarbonyl (C=S) groups is 1. The van der Waals surface area contributed by atoms with E-state index in [0.717, 1.165) is 41.9 Å². The second kappa shape index (κ2) is 4.61. The third kappa shape index (κ3) is 2.08. The number of hydrogen-bond acceptors (Lipinski definition) is 3. The molecule has 0 amide bonds. The van der Waals surface area contributed by atoms with E-state index in [2.05, 4.69) is 10.3 Å². The maximum Gasteiger partial charge on any atom is 0.168 e. The number of rotatable bonds is 2. The van der Waals surface area contributed by atoms with Crippen molar-refractivity contribution >= 4 is 23.0 Å². The van der Waals surface area contributed by atoms with Gasteiger partial charge in [0.05, 0.1) is 10.7 Å². The Morgan fingerprint density at radius 3 is 3.17 bits per heavy atom. The summed E-state index contributed by atoms with van der Waals surface area (Å²) >= 11 is 5.10. The number of carbonyl (C=O) groups excluding carboxylic acids is 1. The van der Waals surface area contributed by atoms with Crippen LogP contribution >= 0.6 is 12.2 Å². The molecule has 0 aromatic carbocycles. The lowest BCUT2D eigenvalue weighted by molar-refractivity contribution is 0.0900. The van der Waals surface area contributed by atoms with E-state index in [1.807, 2.05) is 18.3 Å². The molecule has 1 aromatic heterocycles. The quantitative estimate of drug-likeness (QED) is 0.827. The predicted molar refractivity (Wildman–Crippen MR) is 73.4 cm³/mol. The predicted octanol–water partition coefficient (Wildman–Crippen LogP) is 2.42. The Morgan fingerprint density at radius 1 is 1.50 bits per heavy atom. The summed E-state index contributed by atoms with van der Waals surface area (Å²) in [5.74, 6) is 0.332. The maximum absolute atomic E-state index is 12.4. The first kappa shape index (κ1) is 11.5. The van der Waals surface area contributed by atoms with Crippen LogP contribution in [0.4, 0.5) is 0 Å². The lowest BCUT2D eigenvalue weighted by Crippen LogP contribution is -2.23. The summed E-state index contributed by atoms with van der Waals surface area (Å²) in [4.78, 5) is 17.5. The van der Waals surface area contributed by atoms with Crippen LogP contribution in [0.2, 0.25) is 0 Å². The van der Waals surface area contributed by atoms with Crippen molar-refractivity contribution in [1.29, 1.82) is 0 Å². The van der Waals surface area contributed by atoms with Gasteiger partial charge in [0.2, 0.25) is 0 Å². The van der Waals surface area contributed by atoms with Crippen molar-refractivity contribution in [2.24, 2.45) is 5.92 Å². The molecule has 1 unspecified atom stereocenters. The van der Waals surface area contributed by atoms with Gasteiger partial charge in [-0.1, -0.05) is 12.2 Å². The van der Waals surface area contributed by atoms with Gasteiger partial charge in [-0.3, -0.25) is 9.78 Å². The molecule has 1 aliphatic carbocycles. The van der Waals surface area contributed by atoms with Crippen LogP contribution in [-0.4, -0.2) is 15.8 Å². The first-order valence-electron chi connectivity index (χ1n) is 6.19. The van der Waals surface area contributed by atoms with Crippen LogP contribution in [0, 0.1) is 5.92 Å². The second-order valence-electron chi connectivity index (χ2n) is 4.85. The molecule has 0 fully saturated rings. The van der Waals surface area contributed by atoms with E-state index >= 15 is 0 Å². The highest BCUT2D eigenvalue weighted by molar-refractivity contribution is 7.80. The van der Waals surface area contributed by atoms with E-state index in [1.54, 1.807) is 6.20 Å². The molecule has 1 aliphatic heterocycles. The Balaban J connectivity index is 1.77. The van der Waals surface area contributed by atoms with Crippen molar-refractivity contribution in [3.63, 3.8) is 0 Å². The summed E-state index contributed by atoms with van der Waals surface area (Å²) < 4.78 is 0. The fourth-order valence-corrected chi connectivity index (χ4v) is 2.90. The van der Waals surface area contributed by atoms with Gasteiger partial charge in [0, 0.05) is 30.3 Å². The molecule has 2 aliphatic rings. The summed E-state index contributed by atoms with van der Waals surface area (Å²) in [6.45, 7) is 0. The zero-order valence-electron chi connectivity index (χ0n) is 9.98. The average Bonchev–Trinajstić information content (AvgIpc) is 2.79. The van der Waals surface area contributed by atoms with Gasteiger partial charge in [-0.2, -0.15) is 0 Å². The number of nitrogens with zero attached hydrogens (tertiary/aromatic N) is 1. The molecule has 0 bridgehead atoms. The number of carbonyl (C=O) groups is 1. The highest BCUT2D eigenvalue weighted by atomic mass is 32.1. The molecule has 92 valence electrons. The molecule has 0 radical (unpaired) electrons. The summed E-state index contributed by atoms with van der Waals surface area (Å²) in [5.41, 5.74) is 3.00. The number of Topliss-reactive ketones (excluding diaryl/α,β-unsaturated/α-hetero) is 1. The van der Waals surface area contributed by atoms with Crippen LogP contribution in [0.5, 0.6) is 0 Å². The summed E-state index contributed by atoms with van der Waals surface area (Å²) in [6, 6.07) is 3.73. The summed E-state index contributed by atoms with van der Waals surface area (Å²) in [7, 11) is 0. The zero-order chi connectivity index (χ0) is 12.5. The number of ketones is 1. The van der Waals surface area contributed by atoms with E-state index < -0.39 is 0 Å². The van der Waals surface area contributed by atoms with Crippen LogP contribution in [0.25, 0.3) is 0 Å². The molecule has 4 heteroatoms. The molecule has 3 nitrogen and oxygen atoms in total. The molecule has 1 N–H and O–H groups in total. The molecule has 0 spiro atoms. The minimum atomic E-state index is 0.0932. The first-order chi connectivity index (χ1) is 8.74. The normalized spacial score (nSPS) is 22.4. The van der Waals surface area contributed by atoms with Crippen LogP contribution in [0.3, 0.4) is 0 Å². The lowest BCUT2D eigenvalue weighted by Gasteiger charge is -2.22. The SMILES string of the molecule is O=C1c2cccnc2CCC1CC1=CNC(=S)C1. The number of fused-ring (bicyclic) bond motifs is 1. The molecule has 2 heterocycles. The van der Waals surface area contributed by atoms with Crippen molar-refractivity contribution in [2.45, 2.75) is 25.7 Å². The molecule has 0 saturated heterocycles. The monoisotopic (exact) mass is 258 g/mol. The van der Waals surface area contributed by atoms with Gasteiger partial charge in [0.1, 0.15) is 0 Å². The van der Waals surface area contributed by atoms with Crippen molar-refractivity contribution < 1.29 is 4.79 Å². The topological polar surface area (TPSA) is 42.0 Å². The molecule has 0 saturated carbocycles. The van der Waals surface area contributed by atoms with E-state index in [1.165, 1.54) is 5.57 Å². The Bertz CT molecular complexity index is 550. The largest absolute Gasteiger partial charge is 0.356 e. The van der Waals surface area contributed by atoms with Gasteiger partial charge >= 0.3 is 0 Å².